The number of nitrogens with two attached hydrogens (primary N) is 1. The third kappa shape index (κ3) is 3.64. The number of ether oxygens (including phenoxy) is 1. The second-order valence-electron chi connectivity index (χ2n) is 5.42. The van der Waals surface area contributed by atoms with E-state index in [1.165, 1.54) is 26.4 Å². The maximum Gasteiger partial charge on any atom is 0.340 e. The van der Waals surface area contributed by atoms with Crippen molar-refractivity contribution in [3.05, 3.63) is 23.3 Å². The van der Waals surface area contributed by atoms with Gasteiger partial charge in [-0.25, -0.2) is 4.79 Å². The molecule has 0 amide bonds. The fraction of sp³-hybridized carbons (Fsp3) is 0.562. The molecule has 0 radical (unpaired) electrons. The molecule has 2 rings (SSSR count). The van der Waals surface area contributed by atoms with E-state index in [2.05, 4.69) is 12.2 Å². The van der Waals surface area contributed by atoms with Crippen LogP contribution in [0.5, 0.6) is 0 Å². The van der Waals surface area contributed by atoms with Crippen LogP contribution in [0.4, 0.5) is 11.4 Å². The molecule has 1 aliphatic carbocycles. The molecular weight excluding hydrogens is 284 g/mol. The number of benzene rings is 1. The smallest absolute Gasteiger partial charge is 0.340 e. The summed E-state index contributed by atoms with van der Waals surface area (Å²) in [4.78, 5) is 11.8. The number of thioether (sulfide) groups is 1. The van der Waals surface area contributed by atoms with E-state index in [9.17, 15) is 4.79 Å². The lowest BCUT2D eigenvalue weighted by Crippen LogP contribution is -2.26. The van der Waals surface area contributed by atoms with Crippen LogP contribution in [0.15, 0.2) is 12.1 Å². The third-order valence-electron chi connectivity index (χ3n) is 3.98. The molecule has 116 valence electrons. The van der Waals surface area contributed by atoms with Crippen molar-refractivity contribution < 1.29 is 9.53 Å². The summed E-state index contributed by atoms with van der Waals surface area (Å²) in [6, 6.07) is 4.27. The van der Waals surface area contributed by atoms with Crippen LogP contribution < -0.4 is 11.1 Å². The maximum absolute atomic E-state index is 11.8. The second kappa shape index (κ2) is 7.07. The molecule has 5 heteroatoms. The van der Waals surface area contributed by atoms with Crippen LogP contribution >= 0.6 is 11.8 Å². The van der Waals surface area contributed by atoms with E-state index in [-0.39, 0.29) is 5.97 Å². The van der Waals surface area contributed by atoms with Crippen LogP contribution in [0.3, 0.4) is 0 Å². The third-order valence-corrected chi connectivity index (χ3v) is 5.30. The van der Waals surface area contributed by atoms with Crippen molar-refractivity contribution in [2.75, 3.05) is 23.9 Å². The average Bonchev–Trinajstić information content (AvgIpc) is 2.89. The van der Waals surface area contributed by atoms with E-state index in [1.54, 1.807) is 6.07 Å². The van der Waals surface area contributed by atoms with Gasteiger partial charge in [-0.15, -0.1) is 0 Å². The molecule has 1 aliphatic rings. The summed E-state index contributed by atoms with van der Waals surface area (Å²) in [6.07, 6.45) is 3.69. The Morgan fingerprint density at radius 3 is 2.90 bits per heavy atom. The number of aryl methyl sites for hydroxylation is 1. The quantitative estimate of drug-likeness (QED) is 0.644. The summed E-state index contributed by atoms with van der Waals surface area (Å²) < 4.78 is 4.81. The minimum atomic E-state index is -0.384. The van der Waals surface area contributed by atoms with Crippen LogP contribution in [-0.4, -0.2) is 30.1 Å². The van der Waals surface area contributed by atoms with Crippen LogP contribution in [0.1, 0.15) is 42.1 Å². The zero-order chi connectivity index (χ0) is 15.4. The second-order valence-corrected chi connectivity index (χ2v) is 6.94. The van der Waals surface area contributed by atoms with Crippen molar-refractivity contribution in [1.29, 1.82) is 0 Å². The van der Waals surface area contributed by atoms with Crippen molar-refractivity contribution >= 4 is 29.1 Å². The lowest BCUT2D eigenvalue weighted by molar-refractivity contribution is 0.0602. The van der Waals surface area contributed by atoms with Crippen LogP contribution in [0, 0.1) is 6.92 Å². The minimum Gasteiger partial charge on any atom is -0.465 e. The molecular formula is C16H24N2O2S. The Morgan fingerprint density at radius 1 is 1.48 bits per heavy atom. The maximum atomic E-state index is 11.8. The molecule has 1 saturated carbocycles. The molecule has 0 aromatic heterocycles. The van der Waals surface area contributed by atoms with Gasteiger partial charge in [0.25, 0.3) is 0 Å². The average molecular weight is 308 g/mol. The van der Waals surface area contributed by atoms with Gasteiger partial charge in [0, 0.05) is 22.7 Å². The highest BCUT2D eigenvalue weighted by atomic mass is 32.2. The number of hydrogen-bond acceptors (Lipinski definition) is 5. The number of methoxy groups -OCH3 is 1. The van der Waals surface area contributed by atoms with Gasteiger partial charge in [-0.05, 0) is 43.2 Å². The summed E-state index contributed by atoms with van der Waals surface area (Å²) in [7, 11) is 1.38. The van der Waals surface area contributed by atoms with Gasteiger partial charge in [0.2, 0.25) is 0 Å². The first kappa shape index (κ1) is 16.0. The first-order chi connectivity index (χ1) is 10.1. The molecule has 0 saturated heterocycles. The number of rotatable bonds is 5. The van der Waals surface area contributed by atoms with Gasteiger partial charge in [0.15, 0.2) is 0 Å². The number of nitrogen functional groups attached to an aromatic ring is 1. The van der Waals surface area contributed by atoms with E-state index < -0.39 is 0 Å². The van der Waals surface area contributed by atoms with Crippen LogP contribution in [0.2, 0.25) is 0 Å². The molecule has 0 heterocycles. The molecule has 0 aliphatic heterocycles. The SMILES string of the molecule is CCSC1CCCC1Nc1cc(C)c(N)c(C(=O)OC)c1. The summed E-state index contributed by atoms with van der Waals surface area (Å²) in [5, 5.41) is 4.23. The molecule has 3 N–H and O–H groups in total. The van der Waals surface area contributed by atoms with Crippen molar-refractivity contribution in [2.45, 2.75) is 44.4 Å². The molecule has 4 nitrogen and oxygen atoms in total. The molecule has 1 fully saturated rings. The summed E-state index contributed by atoms with van der Waals surface area (Å²) >= 11 is 2.01. The van der Waals surface area contributed by atoms with Crippen molar-refractivity contribution in [3.63, 3.8) is 0 Å². The van der Waals surface area contributed by atoms with Gasteiger partial charge in [0.1, 0.15) is 0 Å². The number of carbonyl (C=O) groups is 1. The molecule has 2 atom stereocenters. The Hall–Kier alpha value is -1.36. The zero-order valence-electron chi connectivity index (χ0n) is 12.9. The van der Waals surface area contributed by atoms with Gasteiger partial charge >= 0.3 is 5.97 Å². The topological polar surface area (TPSA) is 64.3 Å². The summed E-state index contributed by atoms with van der Waals surface area (Å²) in [5.74, 6) is 0.752. The number of hydrogen-bond donors (Lipinski definition) is 2. The molecule has 1 aromatic carbocycles. The molecule has 0 bridgehead atoms. The Morgan fingerprint density at radius 2 is 2.24 bits per heavy atom. The molecule has 1 aromatic rings. The van der Waals surface area contributed by atoms with Crippen LogP contribution in [-0.2, 0) is 4.74 Å². The van der Waals surface area contributed by atoms with Gasteiger partial charge in [-0.2, -0.15) is 11.8 Å². The first-order valence-electron chi connectivity index (χ1n) is 7.43. The number of nitrogens with one attached hydrogen (secondary N) is 1. The van der Waals surface area contributed by atoms with Gasteiger partial charge in [-0.3, -0.25) is 0 Å². The summed E-state index contributed by atoms with van der Waals surface area (Å²) in [6.45, 7) is 4.11. The molecule has 21 heavy (non-hydrogen) atoms. The van der Waals surface area contributed by atoms with E-state index in [4.69, 9.17) is 10.5 Å². The number of esters is 1. The van der Waals surface area contributed by atoms with Gasteiger partial charge in [0.05, 0.1) is 12.7 Å². The first-order valence-corrected chi connectivity index (χ1v) is 8.48. The Balaban J connectivity index is 2.20. The van der Waals surface area contributed by atoms with E-state index in [1.807, 2.05) is 24.8 Å². The minimum absolute atomic E-state index is 0.384. The van der Waals surface area contributed by atoms with Crippen molar-refractivity contribution in [1.82, 2.24) is 0 Å². The predicted molar refractivity (Wildman–Crippen MR) is 90.1 cm³/mol. The van der Waals surface area contributed by atoms with Gasteiger partial charge in [-0.1, -0.05) is 13.3 Å². The Kier molecular flexibility index (Phi) is 5.39. The monoisotopic (exact) mass is 308 g/mol. The lowest BCUT2D eigenvalue weighted by atomic mass is 10.1. The van der Waals surface area contributed by atoms with Crippen molar-refractivity contribution in [2.24, 2.45) is 0 Å². The highest BCUT2D eigenvalue weighted by Crippen LogP contribution is 2.33. The largest absolute Gasteiger partial charge is 0.465 e. The molecule has 2 unspecified atom stereocenters. The normalized spacial score (nSPS) is 21.3. The van der Waals surface area contributed by atoms with Gasteiger partial charge < -0.3 is 15.8 Å². The summed E-state index contributed by atoms with van der Waals surface area (Å²) in [5.41, 5.74) is 8.77. The van der Waals surface area contributed by atoms with E-state index in [0.717, 1.165) is 17.0 Å². The standard InChI is InChI=1S/C16H24N2O2S/c1-4-21-14-7-5-6-13(14)18-11-8-10(2)15(17)12(9-11)16(19)20-3/h8-9,13-14,18H,4-7,17H2,1-3H3. The fourth-order valence-electron chi connectivity index (χ4n) is 2.88. The van der Waals surface area contributed by atoms with Crippen LogP contribution in [0.25, 0.3) is 0 Å². The Bertz CT molecular complexity index is 519. The highest BCUT2D eigenvalue weighted by Gasteiger charge is 2.27. The fourth-order valence-corrected chi connectivity index (χ4v) is 4.08. The van der Waals surface area contributed by atoms with E-state index >= 15 is 0 Å². The Labute approximate surface area is 130 Å². The lowest BCUT2D eigenvalue weighted by Gasteiger charge is -2.22. The highest BCUT2D eigenvalue weighted by molar-refractivity contribution is 7.99. The zero-order valence-corrected chi connectivity index (χ0v) is 13.8. The van der Waals surface area contributed by atoms with E-state index in [0.29, 0.717) is 22.5 Å². The number of anilines is 2. The predicted octanol–water partition coefficient (Wildman–Crippen LogP) is 3.45. The number of carbonyl (C=O) groups excluding carboxylic acids is 1. The van der Waals surface area contributed by atoms with Crippen molar-refractivity contribution in [3.8, 4) is 0 Å². The molecule has 0 spiro atoms.